The largest absolute Gasteiger partial charge is 0.369 e. The second kappa shape index (κ2) is 12.1. The van der Waals surface area contributed by atoms with Crippen molar-refractivity contribution in [3.05, 3.63) is 46.3 Å². The zero-order chi connectivity index (χ0) is 20.6. The minimum atomic E-state index is -0.195. The average molecular weight is 542 g/mol. The van der Waals surface area contributed by atoms with E-state index < -0.39 is 0 Å². The number of nitrogens with two attached hydrogens (primary N) is 1. The molecule has 0 saturated carbocycles. The molecule has 1 fully saturated rings. The summed E-state index contributed by atoms with van der Waals surface area (Å²) in [6.45, 7) is 5.25. The summed E-state index contributed by atoms with van der Waals surface area (Å²) in [7, 11) is 1.78. The van der Waals surface area contributed by atoms with Crippen molar-refractivity contribution in [3.8, 4) is 0 Å². The van der Waals surface area contributed by atoms with E-state index in [-0.39, 0.29) is 35.8 Å². The first-order chi connectivity index (χ1) is 14.1. The Morgan fingerprint density at radius 1 is 1.33 bits per heavy atom. The summed E-state index contributed by atoms with van der Waals surface area (Å²) < 4.78 is 0. The topological polar surface area (TPSA) is 95.6 Å². The summed E-state index contributed by atoms with van der Waals surface area (Å²) in [6.07, 6.45) is 3.38. The predicted octanol–water partition coefficient (Wildman–Crippen LogP) is 2.93. The third kappa shape index (κ3) is 6.56. The molecule has 0 radical (unpaired) electrons. The Hall–Kier alpha value is -1.88. The lowest BCUT2D eigenvalue weighted by molar-refractivity contribution is -0.122. The molecular formula is C21H31IN6OS. The zero-order valence-electron chi connectivity index (χ0n) is 17.5. The van der Waals surface area contributed by atoms with E-state index in [4.69, 9.17) is 5.73 Å². The molecule has 1 amide bonds. The van der Waals surface area contributed by atoms with Crippen molar-refractivity contribution in [2.24, 2.45) is 16.6 Å². The smallest absolute Gasteiger partial charge is 0.220 e. The SMILES string of the molecule is CN=C(NCc1cccnc1N1CCC(C(N)=O)CC1)NCC(C)c1cccs1.I. The normalized spacial score (nSPS) is 15.9. The molecule has 0 bridgehead atoms. The maximum atomic E-state index is 11.4. The number of halogens is 1. The van der Waals surface area contributed by atoms with E-state index in [1.807, 2.05) is 12.3 Å². The number of amides is 1. The molecule has 0 spiro atoms. The summed E-state index contributed by atoms with van der Waals surface area (Å²) in [6, 6.07) is 8.28. The number of hydrogen-bond acceptors (Lipinski definition) is 5. The van der Waals surface area contributed by atoms with Gasteiger partial charge in [-0.15, -0.1) is 35.3 Å². The second-order valence-corrected chi connectivity index (χ2v) is 8.35. The quantitative estimate of drug-likeness (QED) is 0.284. The number of aromatic nitrogens is 1. The fourth-order valence-corrected chi connectivity index (χ4v) is 4.34. The summed E-state index contributed by atoms with van der Waals surface area (Å²) in [5.74, 6) is 1.94. The number of hydrogen-bond donors (Lipinski definition) is 3. The predicted molar refractivity (Wildman–Crippen MR) is 135 cm³/mol. The van der Waals surface area contributed by atoms with Gasteiger partial charge in [-0.25, -0.2) is 4.98 Å². The van der Waals surface area contributed by atoms with E-state index in [0.29, 0.717) is 12.5 Å². The highest BCUT2D eigenvalue weighted by molar-refractivity contribution is 14.0. The molecule has 0 aromatic carbocycles. The molecular weight excluding hydrogens is 511 g/mol. The highest BCUT2D eigenvalue weighted by atomic mass is 127. The molecule has 1 atom stereocenters. The van der Waals surface area contributed by atoms with Gasteiger partial charge >= 0.3 is 0 Å². The third-order valence-corrected chi connectivity index (χ3v) is 6.44. The fourth-order valence-electron chi connectivity index (χ4n) is 3.55. The van der Waals surface area contributed by atoms with Gasteiger partial charge in [0.15, 0.2) is 5.96 Å². The number of nitrogens with one attached hydrogen (secondary N) is 2. The Bertz CT molecular complexity index is 821. The van der Waals surface area contributed by atoms with Crippen LogP contribution in [-0.4, -0.2) is 43.5 Å². The number of anilines is 1. The van der Waals surface area contributed by atoms with Crippen LogP contribution in [0.4, 0.5) is 5.82 Å². The van der Waals surface area contributed by atoms with Crippen LogP contribution in [0.1, 0.15) is 36.1 Å². The third-order valence-electron chi connectivity index (χ3n) is 5.34. The van der Waals surface area contributed by atoms with Crippen LogP contribution in [0, 0.1) is 5.92 Å². The van der Waals surface area contributed by atoms with Gasteiger partial charge in [-0.05, 0) is 30.4 Å². The van der Waals surface area contributed by atoms with Crippen LogP contribution in [0.5, 0.6) is 0 Å². The number of thiophene rings is 1. The summed E-state index contributed by atoms with van der Waals surface area (Å²) in [5, 5.41) is 8.91. The summed E-state index contributed by atoms with van der Waals surface area (Å²) in [5.41, 5.74) is 6.57. The number of pyridine rings is 1. The van der Waals surface area contributed by atoms with Crippen LogP contribution in [0.2, 0.25) is 0 Å². The van der Waals surface area contributed by atoms with Gasteiger partial charge in [-0.2, -0.15) is 0 Å². The molecule has 3 rings (SSSR count). The molecule has 9 heteroatoms. The Morgan fingerprint density at radius 2 is 2.10 bits per heavy atom. The molecule has 3 heterocycles. The number of aliphatic imine (C=N–C) groups is 1. The van der Waals surface area contributed by atoms with Gasteiger partial charge in [0.05, 0.1) is 0 Å². The molecule has 1 saturated heterocycles. The average Bonchev–Trinajstić information content (AvgIpc) is 3.29. The Balaban J connectivity index is 0.00000320. The van der Waals surface area contributed by atoms with E-state index in [0.717, 1.165) is 49.8 Å². The number of carbonyl (C=O) groups excluding carboxylic acids is 1. The number of nitrogens with zero attached hydrogens (tertiary/aromatic N) is 3. The van der Waals surface area contributed by atoms with Gasteiger partial charge in [0.1, 0.15) is 5.82 Å². The van der Waals surface area contributed by atoms with Gasteiger partial charge in [0, 0.05) is 61.7 Å². The molecule has 0 aliphatic carbocycles. The number of carbonyl (C=O) groups is 1. The Kier molecular flexibility index (Phi) is 9.83. The highest BCUT2D eigenvalue weighted by Crippen LogP contribution is 2.24. The van der Waals surface area contributed by atoms with Crippen molar-refractivity contribution in [2.75, 3.05) is 31.6 Å². The molecule has 1 unspecified atom stereocenters. The zero-order valence-corrected chi connectivity index (χ0v) is 20.7. The first kappa shape index (κ1) is 24.4. The van der Waals surface area contributed by atoms with Crippen molar-refractivity contribution >= 4 is 53.0 Å². The van der Waals surface area contributed by atoms with Crippen LogP contribution < -0.4 is 21.3 Å². The highest BCUT2D eigenvalue weighted by Gasteiger charge is 2.25. The van der Waals surface area contributed by atoms with E-state index >= 15 is 0 Å². The second-order valence-electron chi connectivity index (χ2n) is 7.37. The lowest BCUT2D eigenvalue weighted by Crippen LogP contribution is -2.41. The first-order valence-electron chi connectivity index (χ1n) is 10.0. The Labute approximate surface area is 199 Å². The number of primary amides is 1. The summed E-state index contributed by atoms with van der Waals surface area (Å²) >= 11 is 1.78. The van der Waals surface area contributed by atoms with Gasteiger partial charge in [0.2, 0.25) is 5.91 Å². The van der Waals surface area contributed by atoms with Crippen molar-refractivity contribution in [1.29, 1.82) is 0 Å². The number of rotatable bonds is 7. The van der Waals surface area contributed by atoms with Gasteiger partial charge < -0.3 is 21.3 Å². The standard InChI is InChI=1S/C21H30N6OS.HI/c1-15(18-6-4-12-29-18)13-25-21(23-2)26-14-17-5-3-9-24-20(17)27-10-7-16(8-11-27)19(22)28;/h3-6,9,12,15-16H,7-8,10-11,13-14H2,1-2H3,(H2,22,28)(H2,23,25,26);1H. The van der Waals surface area contributed by atoms with Crippen molar-refractivity contribution in [1.82, 2.24) is 15.6 Å². The summed E-state index contributed by atoms with van der Waals surface area (Å²) in [4.78, 5) is 24.0. The molecule has 7 nitrogen and oxygen atoms in total. The molecule has 30 heavy (non-hydrogen) atoms. The molecule has 4 N–H and O–H groups in total. The maximum Gasteiger partial charge on any atom is 0.220 e. The minimum Gasteiger partial charge on any atom is -0.369 e. The van der Waals surface area contributed by atoms with E-state index in [1.165, 1.54) is 4.88 Å². The van der Waals surface area contributed by atoms with Crippen LogP contribution in [0.25, 0.3) is 0 Å². The minimum absolute atomic E-state index is 0. The van der Waals surface area contributed by atoms with Gasteiger partial charge in [-0.1, -0.05) is 19.1 Å². The van der Waals surface area contributed by atoms with Crippen molar-refractivity contribution < 1.29 is 4.79 Å². The van der Waals surface area contributed by atoms with Crippen LogP contribution in [-0.2, 0) is 11.3 Å². The maximum absolute atomic E-state index is 11.4. The fraction of sp³-hybridized carbons (Fsp3) is 0.476. The lowest BCUT2D eigenvalue weighted by Gasteiger charge is -2.32. The van der Waals surface area contributed by atoms with Crippen molar-refractivity contribution in [3.63, 3.8) is 0 Å². The van der Waals surface area contributed by atoms with Gasteiger partial charge in [-0.3, -0.25) is 9.79 Å². The number of guanidine groups is 1. The van der Waals surface area contributed by atoms with Gasteiger partial charge in [0.25, 0.3) is 0 Å². The lowest BCUT2D eigenvalue weighted by atomic mass is 9.96. The number of piperidine rings is 1. The van der Waals surface area contributed by atoms with E-state index in [9.17, 15) is 4.79 Å². The molecule has 1 aliphatic heterocycles. The molecule has 164 valence electrons. The molecule has 2 aromatic rings. The van der Waals surface area contributed by atoms with Crippen LogP contribution >= 0.6 is 35.3 Å². The van der Waals surface area contributed by atoms with Crippen LogP contribution in [0.3, 0.4) is 0 Å². The monoisotopic (exact) mass is 542 g/mol. The van der Waals surface area contributed by atoms with Crippen LogP contribution in [0.15, 0.2) is 40.8 Å². The van der Waals surface area contributed by atoms with E-state index in [1.54, 1.807) is 18.4 Å². The van der Waals surface area contributed by atoms with Crippen molar-refractivity contribution in [2.45, 2.75) is 32.2 Å². The Morgan fingerprint density at radius 3 is 2.73 bits per heavy atom. The first-order valence-corrected chi connectivity index (χ1v) is 10.9. The molecule has 2 aromatic heterocycles. The van der Waals surface area contributed by atoms with E-state index in [2.05, 4.69) is 56.0 Å². The molecule has 1 aliphatic rings.